The maximum Gasteiger partial charge on any atom is 0.116 e. The smallest absolute Gasteiger partial charge is 0.116 e. The highest BCUT2D eigenvalue weighted by atomic mass is 32.2. The first kappa shape index (κ1) is 10.9. The van der Waals surface area contributed by atoms with Crippen LogP contribution in [-0.4, -0.2) is 10.9 Å². The predicted octanol–water partition coefficient (Wildman–Crippen LogP) is 3.94. The van der Waals surface area contributed by atoms with E-state index in [1.165, 1.54) is 0 Å². The Labute approximate surface area is 89.2 Å². The maximum atomic E-state index is 9.38. The van der Waals surface area contributed by atoms with Gasteiger partial charge in [-0.1, -0.05) is 44.3 Å². The van der Waals surface area contributed by atoms with Gasteiger partial charge in [0.2, 0.25) is 0 Å². The van der Waals surface area contributed by atoms with E-state index in [2.05, 4.69) is 20.1 Å². The molecule has 0 aromatic heterocycles. The molecule has 0 aliphatic rings. The molecule has 14 heavy (non-hydrogen) atoms. The largest absolute Gasteiger partial charge is 0.508 e. The summed E-state index contributed by atoms with van der Waals surface area (Å²) in [4.78, 5) is 0.971. The molecule has 1 rings (SSSR count). The second kappa shape index (κ2) is 4.91. The predicted molar refractivity (Wildman–Crippen MR) is 65.3 cm³/mol. The maximum absolute atomic E-state index is 9.38. The summed E-state index contributed by atoms with van der Waals surface area (Å²) in [5, 5.41) is 9.38. The summed E-state index contributed by atoms with van der Waals surface area (Å²) in [7, 11) is 0. The Morgan fingerprint density at radius 3 is 2.36 bits per heavy atom. The number of benzene rings is 1. The third kappa shape index (κ3) is 2.42. The highest BCUT2D eigenvalue weighted by Gasteiger charge is 2.06. The van der Waals surface area contributed by atoms with Crippen LogP contribution in [0.15, 0.2) is 37.4 Å². The zero-order chi connectivity index (χ0) is 10.6. The lowest BCUT2D eigenvalue weighted by Crippen LogP contribution is -1.89. The van der Waals surface area contributed by atoms with Crippen molar-refractivity contribution in [3.8, 4) is 0 Å². The molecule has 1 nitrogen and oxygen atoms in total. The average Bonchev–Trinajstić information content (AvgIpc) is 2.18. The van der Waals surface area contributed by atoms with Crippen molar-refractivity contribution < 1.29 is 5.11 Å². The van der Waals surface area contributed by atoms with Gasteiger partial charge in [0.15, 0.2) is 0 Å². The first-order chi connectivity index (χ1) is 6.66. The van der Waals surface area contributed by atoms with E-state index in [1.807, 2.05) is 24.3 Å². The van der Waals surface area contributed by atoms with Crippen molar-refractivity contribution in [1.82, 2.24) is 0 Å². The summed E-state index contributed by atoms with van der Waals surface area (Å²) < 4.78 is 0. The molecule has 0 radical (unpaired) electrons. The van der Waals surface area contributed by atoms with E-state index in [0.29, 0.717) is 0 Å². The summed E-state index contributed by atoms with van der Waals surface area (Å²) in [6.45, 7) is 9.58. The van der Waals surface area contributed by atoms with E-state index < -0.39 is 0 Å². The van der Waals surface area contributed by atoms with Crippen molar-refractivity contribution >= 4 is 22.4 Å². The van der Waals surface area contributed by atoms with Gasteiger partial charge < -0.3 is 5.11 Å². The van der Waals surface area contributed by atoms with E-state index >= 15 is 0 Å². The van der Waals surface area contributed by atoms with Crippen LogP contribution in [0.4, 0.5) is 0 Å². The lowest BCUT2D eigenvalue weighted by atomic mass is 10.1. The van der Waals surface area contributed by atoms with Gasteiger partial charge in [-0.15, -0.1) is 11.8 Å². The van der Waals surface area contributed by atoms with Crippen LogP contribution < -0.4 is 0 Å². The number of hydrogen-bond acceptors (Lipinski definition) is 2. The second-order valence-electron chi connectivity index (χ2n) is 2.85. The number of aliphatic hydroxyl groups excluding tert-OH is 1. The van der Waals surface area contributed by atoms with Crippen LogP contribution in [0.1, 0.15) is 18.1 Å². The van der Waals surface area contributed by atoms with Crippen molar-refractivity contribution in [2.24, 2.45) is 0 Å². The first-order valence-corrected chi connectivity index (χ1v) is 5.44. The molecule has 1 aromatic carbocycles. The van der Waals surface area contributed by atoms with Crippen LogP contribution in [0.5, 0.6) is 0 Å². The minimum Gasteiger partial charge on any atom is -0.508 e. The van der Waals surface area contributed by atoms with Crippen molar-refractivity contribution in [2.75, 3.05) is 5.75 Å². The molecule has 2 heteroatoms. The van der Waals surface area contributed by atoms with Gasteiger partial charge in [0, 0.05) is 10.5 Å². The third-order valence-corrected chi connectivity index (χ3v) is 2.71. The van der Waals surface area contributed by atoms with Crippen molar-refractivity contribution in [1.29, 1.82) is 0 Å². The Balaban J connectivity index is 3.07. The number of hydrogen-bond donors (Lipinski definition) is 1. The summed E-state index contributed by atoms with van der Waals surface area (Å²) in [6.07, 6.45) is 0. The minimum atomic E-state index is 0.0958. The molecule has 0 amide bonds. The van der Waals surface area contributed by atoms with E-state index in [9.17, 15) is 5.11 Å². The Morgan fingerprint density at radius 1 is 1.29 bits per heavy atom. The van der Waals surface area contributed by atoms with Crippen LogP contribution >= 0.6 is 11.8 Å². The van der Waals surface area contributed by atoms with Crippen molar-refractivity contribution in [3.05, 3.63) is 48.6 Å². The van der Waals surface area contributed by atoms with Crippen molar-refractivity contribution in [2.45, 2.75) is 6.92 Å². The van der Waals surface area contributed by atoms with Gasteiger partial charge in [-0.25, -0.2) is 0 Å². The summed E-state index contributed by atoms with van der Waals surface area (Å²) in [5.41, 5.74) is 1.73. The monoisotopic (exact) mass is 206 g/mol. The molecule has 74 valence electrons. The molecule has 0 fully saturated rings. The lowest BCUT2D eigenvalue weighted by molar-refractivity contribution is 0.513. The first-order valence-electron chi connectivity index (χ1n) is 4.46. The third-order valence-electron chi connectivity index (χ3n) is 1.86. The van der Waals surface area contributed by atoms with E-state index in [1.54, 1.807) is 11.8 Å². The fourth-order valence-corrected chi connectivity index (χ4v) is 1.91. The van der Waals surface area contributed by atoms with Gasteiger partial charge >= 0.3 is 0 Å². The molecule has 0 aliphatic heterocycles. The molecule has 0 bridgehead atoms. The van der Waals surface area contributed by atoms with Crippen LogP contribution in [0.2, 0.25) is 0 Å². The molecular weight excluding hydrogens is 192 g/mol. The van der Waals surface area contributed by atoms with Gasteiger partial charge in [-0.2, -0.15) is 0 Å². The Hall–Kier alpha value is -1.15. The minimum absolute atomic E-state index is 0.0958. The molecule has 0 heterocycles. The molecule has 0 aliphatic carbocycles. The quantitative estimate of drug-likeness (QED) is 0.753. The average molecular weight is 206 g/mol. The topological polar surface area (TPSA) is 20.2 Å². The molecule has 0 unspecified atom stereocenters. The van der Waals surface area contributed by atoms with Crippen LogP contribution in [0.3, 0.4) is 0 Å². The molecule has 1 N–H and O–H groups in total. The zero-order valence-electron chi connectivity index (χ0n) is 8.29. The van der Waals surface area contributed by atoms with Crippen LogP contribution in [-0.2, 0) is 0 Å². The van der Waals surface area contributed by atoms with E-state index in [-0.39, 0.29) is 5.76 Å². The molecule has 0 atom stereocenters. The fourth-order valence-electron chi connectivity index (χ4n) is 1.23. The van der Waals surface area contributed by atoms with Gasteiger partial charge in [-0.05, 0) is 11.3 Å². The Kier molecular flexibility index (Phi) is 3.84. The molecule has 0 saturated heterocycles. The van der Waals surface area contributed by atoms with Crippen LogP contribution in [0, 0.1) is 0 Å². The normalized spacial score (nSPS) is 9.79. The Bertz CT molecular complexity index is 355. The highest BCUT2D eigenvalue weighted by molar-refractivity contribution is 8.08. The molecule has 1 aromatic rings. The standard InChI is InChI=1S/C12H14OS/c1-4-14-10(3)12-8-6-5-7-11(12)9(2)13/h5-8,13H,2-4H2,1H3. The van der Waals surface area contributed by atoms with E-state index in [0.717, 1.165) is 21.8 Å². The molecule has 0 saturated carbocycles. The SMILES string of the molecule is C=C(O)c1ccccc1C(=C)SCC. The van der Waals surface area contributed by atoms with Gasteiger partial charge in [0.05, 0.1) is 0 Å². The van der Waals surface area contributed by atoms with Gasteiger partial charge in [-0.3, -0.25) is 0 Å². The second-order valence-corrected chi connectivity index (χ2v) is 4.21. The summed E-state index contributed by atoms with van der Waals surface area (Å²) >= 11 is 1.67. The number of aliphatic hydroxyl groups is 1. The van der Waals surface area contributed by atoms with Gasteiger partial charge in [0.1, 0.15) is 5.76 Å². The Morgan fingerprint density at radius 2 is 1.86 bits per heavy atom. The number of thioether (sulfide) groups is 1. The summed E-state index contributed by atoms with van der Waals surface area (Å²) in [6, 6.07) is 7.61. The fraction of sp³-hybridized carbons (Fsp3) is 0.167. The van der Waals surface area contributed by atoms with Crippen LogP contribution in [0.25, 0.3) is 10.7 Å². The highest BCUT2D eigenvalue weighted by Crippen LogP contribution is 2.29. The van der Waals surface area contributed by atoms with Crippen molar-refractivity contribution in [3.63, 3.8) is 0 Å². The molecular formula is C12H14OS. The lowest BCUT2D eigenvalue weighted by Gasteiger charge is -2.09. The van der Waals surface area contributed by atoms with Gasteiger partial charge in [0.25, 0.3) is 0 Å². The molecule has 0 spiro atoms. The zero-order valence-corrected chi connectivity index (χ0v) is 9.10. The van der Waals surface area contributed by atoms with E-state index in [4.69, 9.17) is 0 Å². The summed E-state index contributed by atoms with van der Waals surface area (Å²) in [5.74, 6) is 1.07. The number of rotatable bonds is 4.